The normalized spacial score (nSPS) is 12.3. The molecule has 0 atom stereocenters. The Kier molecular flexibility index (Phi) is 4.20. The van der Waals surface area contributed by atoms with Crippen molar-refractivity contribution in [1.82, 2.24) is 5.32 Å². The molecule has 0 aromatic rings. The predicted molar refractivity (Wildman–Crippen MR) is 52.8 cm³/mol. The molecular formula is C9H17N3. The molecule has 0 aromatic heterocycles. The Balaban J connectivity index is 3.80. The van der Waals surface area contributed by atoms with E-state index in [-0.39, 0.29) is 5.54 Å². The van der Waals surface area contributed by atoms with Gasteiger partial charge in [-0.05, 0) is 20.8 Å². The monoisotopic (exact) mass is 167 g/mol. The van der Waals surface area contributed by atoms with Gasteiger partial charge in [0.05, 0.1) is 6.54 Å². The fourth-order valence-corrected chi connectivity index (χ4v) is 0.665. The predicted octanol–water partition coefficient (Wildman–Crippen LogP) is 0.712. The summed E-state index contributed by atoms with van der Waals surface area (Å²) in [6.07, 6.45) is 5.69. The largest absolute Gasteiger partial charge is 0.370 e. The van der Waals surface area contributed by atoms with E-state index in [0.717, 1.165) is 0 Å². The molecule has 0 unspecified atom stereocenters. The molecule has 0 aromatic carbocycles. The smallest absolute Gasteiger partial charge is 0.189 e. The fourth-order valence-electron chi connectivity index (χ4n) is 0.665. The number of nitrogens with one attached hydrogen (secondary N) is 1. The molecule has 0 aliphatic heterocycles. The van der Waals surface area contributed by atoms with E-state index < -0.39 is 0 Å². The SMILES string of the molecule is C#CCCN=C(N)NC(C)(C)C. The molecule has 0 radical (unpaired) electrons. The zero-order chi connectivity index (χ0) is 9.61. The van der Waals surface area contributed by atoms with E-state index in [0.29, 0.717) is 18.9 Å². The van der Waals surface area contributed by atoms with Gasteiger partial charge in [-0.1, -0.05) is 0 Å². The number of hydrogen-bond donors (Lipinski definition) is 2. The molecule has 0 fully saturated rings. The first-order valence-electron chi connectivity index (χ1n) is 3.97. The number of nitrogens with two attached hydrogens (primary N) is 1. The Labute approximate surface area is 74.4 Å². The van der Waals surface area contributed by atoms with Crippen molar-refractivity contribution in [3.8, 4) is 12.3 Å². The zero-order valence-corrected chi connectivity index (χ0v) is 8.02. The third kappa shape index (κ3) is 6.94. The van der Waals surface area contributed by atoms with E-state index >= 15 is 0 Å². The summed E-state index contributed by atoms with van der Waals surface area (Å²) in [5, 5.41) is 3.04. The molecule has 12 heavy (non-hydrogen) atoms. The topological polar surface area (TPSA) is 50.4 Å². The van der Waals surface area contributed by atoms with Gasteiger partial charge in [-0.3, -0.25) is 4.99 Å². The fraction of sp³-hybridized carbons (Fsp3) is 0.667. The first-order chi connectivity index (χ1) is 5.45. The molecule has 3 nitrogen and oxygen atoms in total. The molecule has 3 N–H and O–H groups in total. The van der Waals surface area contributed by atoms with Crippen LogP contribution >= 0.6 is 0 Å². The summed E-state index contributed by atoms with van der Waals surface area (Å²) in [5.74, 6) is 2.95. The van der Waals surface area contributed by atoms with Gasteiger partial charge in [0, 0.05) is 12.0 Å². The summed E-state index contributed by atoms with van der Waals surface area (Å²) >= 11 is 0. The Hall–Kier alpha value is -1.17. The quantitative estimate of drug-likeness (QED) is 0.275. The van der Waals surface area contributed by atoms with Crippen molar-refractivity contribution in [1.29, 1.82) is 0 Å². The summed E-state index contributed by atoms with van der Waals surface area (Å²) < 4.78 is 0. The minimum atomic E-state index is -0.0380. The third-order valence-corrected chi connectivity index (χ3v) is 1.04. The van der Waals surface area contributed by atoms with Gasteiger partial charge in [-0.25, -0.2) is 0 Å². The highest BCUT2D eigenvalue weighted by Crippen LogP contribution is 1.96. The van der Waals surface area contributed by atoms with Crippen molar-refractivity contribution in [3.63, 3.8) is 0 Å². The molecule has 0 bridgehead atoms. The summed E-state index contributed by atoms with van der Waals surface area (Å²) in [5.41, 5.74) is 5.53. The van der Waals surface area contributed by atoms with E-state index in [9.17, 15) is 0 Å². The zero-order valence-electron chi connectivity index (χ0n) is 8.02. The van der Waals surface area contributed by atoms with Crippen LogP contribution in [0.4, 0.5) is 0 Å². The van der Waals surface area contributed by atoms with Crippen molar-refractivity contribution in [3.05, 3.63) is 0 Å². The highest BCUT2D eigenvalue weighted by atomic mass is 15.1. The minimum Gasteiger partial charge on any atom is -0.370 e. The number of guanidine groups is 1. The molecular weight excluding hydrogens is 150 g/mol. The molecule has 0 heterocycles. The average molecular weight is 167 g/mol. The second-order valence-electron chi connectivity index (χ2n) is 3.60. The van der Waals surface area contributed by atoms with E-state index in [1.807, 2.05) is 20.8 Å². The van der Waals surface area contributed by atoms with Gasteiger partial charge in [0.1, 0.15) is 0 Å². The number of nitrogens with zero attached hydrogens (tertiary/aromatic N) is 1. The van der Waals surface area contributed by atoms with Crippen molar-refractivity contribution >= 4 is 5.96 Å². The van der Waals surface area contributed by atoms with Gasteiger partial charge in [-0.2, -0.15) is 0 Å². The number of hydrogen-bond acceptors (Lipinski definition) is 1. The molecule has 0 saturated carbocycles. The van der Waals surface area contributed by atoms with Crippen LogP contribution in [0.1, 0.15) is 27.2 Å². The van der Waals surface area contributed by atoms with Gasteiger partial charge in [0.2, 0.25) is 0 Å². The van der Waals surface area contributed by atoms with Crippen molar-refractivity contribution in [2.75, 3.05) is 6.54 Å². The molecule has 0 rings (SSSR count). The van der Waals surface area contributed by atoms with Crippen LogP contribution in [0.5, 0.6) is 0 Å². The van der Waals surface area contributed by atoms with Crippen LogP contribution in [-0.2, 0) is 0 Å². The van der Waals surface area contributed by atoms with Crippen LogP contribution in [0, 0.1) is 12.3 Å². The lowest BCUT2D eigenvalue weighted by atomic mass is 10.1. The highest BCUT2D eigenvalue weighted by molar-refractivity contribution is 5.78. The maximum absolute atomic E-state index is 5.57. The molecule has 0 aliphatic rings. The van der Waals surface area contributed by atoms with Gasteiger partial charge in [0.15, 0.2) is 5.96 Å². The van der Waals surface area contributed by atoms with Crippen molar-refractivity contribution in [2.45, 2.75) is 32.7 Å². The Bertz CT molecular complexity index is 193. The van der Waals surface area contributed by atoms with E-state index in [1.165, 1.54) is 0 Å². The molecule has 0 amide bonds. The lowest BCUT2D eigenvalue weighted by Gasteiger charge is -2.20. The maximum atomic E-state index is 5.57. The van der Waals surface area contributed by atoms with Crippen LogP contribution in [-0.4, -0.2) is 18.0 Å². The second-order valence-corrected chi connectivity index (χ2v) is 3.60. The summed E-state index contributed by atoms with van der Waals surface area (Å²) in [7, 11) is 0. The van der Waals surface area contributed by atoms with E-state index in [1.54, 1.807) is 0 Å². The molecule has 68 valence electrons. The molecule has 0 spiro atoms. The molecule has 0 aliphatic carbocycles. The average Bonchev–Trinajstić information content (AvgIpc) is 1.84. The number of aliphatic imine (C=N–C) groups is 1. The first-order valence-corrected chi connectivity index (χ1v) is 3.97. The molecule has 0 saturated heterocycles. The Morgan fingerprint density at radius 1 is 1.58 bits per heavy atom. The lowest BCUT2D eigenvalue weighted by Crippen LogP contribution is -2.45. The van der Waals surface area contributed by atoms with Crippen LogP contribution in [0.2, 0.25) is 0 Å². The highest BCUT2D eigenvalue weighted by Gasteiger charge is 2.08. The van der Waals surface area contributed by atoms with Gasteiger partial charge in [0.25, 0.3) is 0 Å². The van der Waals surface area contributed by atoms with Crippen LogP contribution in [0.25, 0.3) is 0 Å². The summed E-state index contributed by atoms with van der Waals surface area (Å²) in [6, 6.07) is 0. The van der Waals surface area contributed by atoms with Crippen LogP contribution in [0.3, 0.4) is 0 Å². The Morgan fingerprint density at radius 3 is 2.58 bits per heavy atom. The summed E-state index contributed by atoms with van der Waals surface area (Å²) in [4.78, 5) is 4.04. The third-order valence-electron chi connectivity index (χ3n) is 1.04. The maximum Gasteiger partial charge on any atom is 0.189 e. The van der Waals surface area contributed by atoms with Crippen LogP contribution < -0.4 is 11.1 Å². The van der Waals surface area contributed by atoms with Crippen molar-refractivity contribution in [2.24, 2.45) is 10.7 Å². The minimum absolute atomic E-state index is 0.0380. The van der Waals surface area contributed by atoms with E-state index in [4.69, 9.17) is 12.2 Å². The summed E-state index contributed by atoms with van der Waals surface area (Å²) in [6.45, 7) is 6.66. The van der Waals surface area contributed by atoms with E-state index in [2.05, 4.69) is 16.2 Å². The first kappa shape index (κ1) is 10.8. The Morgan fingerprint density at radius 2 is 2.17 bits per heavy atom. The molecule has 3 heteroatoms. The lowest BCUT2D eigenvalue weighted by molar-refractivity contribution is 0.508. The van der Waals surface area contributed by atoms with Gasteiger partial charge >= 0.3 is 0 Å². The second kappa shape index (κ2) is 4.66. The number of terminal acetylenes is 1. The number of rotatable bonds is 2. The van der Waals surface area contributed by atoms with Crippen LogP contribution in [0.15, 0.2) is 4.99 Å². The van der Waals surface area contributed by atoms with Crippen molar-refractivity contribution < 1.29 is 0 Å². The van der Waals surface area contributed by atoms with Gasteiger partial charge < -0.3 is 11.1 Å². The standard InChI is InChI=1S/C9H17N3/c1-5-6-7-11-8(10)12-9(2,3)4/h1H,6-7H2,2-4H3,(H3,10,11,12). The van der Waals surface area contributed by atoms with Gasteiger partial charge in [-0.15, -0.1) is 12.3 Å².